The minimum atomic E-state index is -4.22. The first kappa shape index (κ1) is 12.5. The van der Waals surface area contributed by atoms with Gasteiger partial charge in [0.1, 0.15) is 6.61 Å². The van der Waals surface area contributed by atoms with Crippen LogP contribution in [0.1, 0.15) is 19.3 Å². The fourth-order valence-corrected chi connectivity index (χ4v) is 1.49. The number of allylic oxidation sites excluding steroid dienone is 1. The van der Waals surface area contributed by atoms with Crippen LogP contribution in [-0.4, -0.2) is 32.0 Å². The SMILES string of the molecule is FC(F)(F)COCCNC1C=CCCC1. The summed E-state index contributed by atoms with van der Waals surface area (Å²) in [7, 11) is 0. The molecule has 2 nitrogen and oxygen atoms in total. The molecule has 0 amide bonds. The fourth-order valence-electron chi connectivity index (χ4n) is 1.49. The predicted octanol–water partition coefficient (Wildman–Crippen LogP) is 2.26. The Morgan fingerprint density at radius 1 is 1.40 bits per heavy atom. The van der Waals surface area contributed by atoms with Gasteiger partial charge in [-0.1, -0.05) is 12.2 Å². The van der Waals surface area contributed by atoms with Crippen molar-refractivity contribution in [3.8, 4) is 0 Å². The van der Waals surface area contributed by atoms with Crippen molar-refractivity contribution in [3.05, 3.63) is 12.2 Å². The molecule has 5 heteroatoms. The second-order valence-electron chi connectivity index (χ2n) is 3.59. The van der Waals surface area contributed by atoms with Gasteiger partial charge in [-0.2, -0.15) is 13.2 Å². The molecule has 0 aliphatic heterocycles. The van der Waals surface area contributed by atoms with Crippen LogP contribution >= 0.6 is 0 Å². The molecule has 0 aromatic carbocycles. The zero-order chi connectivity index (χ0) is 11.1. The van der Waals surface area contributed by atoms with E-state index in [1.807, 2.05) is 0 Å². The predicted molar refractivity (Wildman–Crippen MR) is 51.7 cm³/mol. The molecule has 0 saturated heterocycles. The number of rotatable bonds is 5. The van der Waals surface area contributed by atoms with Gasteiger partial charge in [0.2, 0.25) is 0 Å². The van der Waals surface area contributed by atoms with Gasteiger partial charge in [0.15, 0.2) is 0 Å². The zero-order valence-electron chi connectivity index (χ0n) is 8.52. The third-order valence-corrected chi connectivity index (χ3v) is 2.17. The van der Waals surface area contributed by atoms with E-state index in [0.717, 1.165) is 19.3 Å². The van der Waals surface area contributed by atoms with E-state index in [2.05, 4.69) is 22.2 Å². The van der Waals surface area contributed by atoms with Crippen LogP contribution in [0.25, 0.3) is 0 Å². The Morgan fingerprint density at radius 3 is 2.80 bits per heavy atom. The molecular formula is C10H16F3NO. The lowest BCUT2D eigenvalue weighted by molar-refractivity contribution is -0.173. The average Bonchev–Trinajstić information content (AvgIpc) is 2.17. The highest BCUT2D eigenvalue weighted by atomic mass is 19.4. The highest BCUT2D eigenvalue weighted by Crippen LogP contribution is 2.14. The second kappa shape index (κ2) is 6.12. The topological polar surface area (TPSA) is 21.3 Å². The van der Waals surface area contributed by atoms with Crippen LogP contribution < -0.4 is 5.32 Å². The summed E-state index contributed by atoms with van der Waals surface area (Å²) in [5.41, 5.74) is 0. The van der Waals surface area contributed by atoms with Crippen LogP contribution in [0.5, 0.6) is 0 Å². The third kappa shape index (κ3) is 6.52. The van der Waals surface area contributed by atoms with Crippen LogP contribution in [0.4, 0.5) is 13.2 Å². The van der Waals surface area contributed by atoms with Crippen LogP contribution in [0.15, 0.2) is 12.2 Å². The highest BCUT2D eigenvalue weighted by molar-refractivity contribution is 4.97. The number of ether oxygens (including phenoxy) is 1. The van der Waals surface area contributed by atoms with Crippen molar-refractivity contribution in [2.75, 3.05) is 19.8 Å². The summed E-state index contributed by atoms with van der Waals surface area (Å²) < 4.78 is 39.5. The maximum absolute atomic E-state index is 11.7. The molecule has 1 aliphatic rings. The summed E-state index contributed by atoms with van der Waals surface area (Å²) >= 11 is 0. The molecular weight excluding hydrogens is 207 g/mol. The minimum absolute atomic E-state index is 0.101. The molecule has 0 aromatic heterocycles. The lowest BCUT2D eigenvalue weighted by Crippen LogP contribution is -2.32. The van der Waals surface area contributed by atoms with E-state index in [4.69, 9.17) is 0 Å². The second-order valence-corrected chi connectivity index (χ2v) is 3.59. The number of nitrogens with one attached hydrogen (secondary N) is 1. The van der Waals surface area contributed by atoms with E-state index in [9.17, 15) is 13.2 Å². The van der Waals surface area contributed by atoms with Crippen LogP contribution in [0.2, 0.25) is 0 Å². The standard InChI is InChI=1S/C10H16F3NO/c11-10(12,13)8-15-7-6-14-9-4-2-1-3-5-9/h2,4,9,14H,1,3,5-8H2. The summed E-state index contributed by atoms with van der Waals surface area (Å²) in [6.45, 7) is -0.593. The van der Waals surface area contributed by atoms with Gasteiger partial charge < -0.3 is 10.1 Å². The quantitative estimate of drug-likeness (QED) is 0.570. The van der Waals surface area contributed by atoms with Gasteiger partial charge in [-0.3, -0.25) is 0 Å². The Morgan fingerprint density at radius 2 is 2.20 bits per heavy atom. The van der Waals surface area contributed by atoms with Crippen molar-refractivity contribution in [3.63, 3.8) is 0 Å². The molecule has 1 atom stereocenters. The van der Waals surface area contributed by atoms with Crippen molar-refractivity contribution in [1.29, 1.82) is 0 Å². The summed E-state index contributed by atoms with van der Waals surface area (Å²) in [6, 6.07) is 0.299. The normalized spacial score (nSPS) is 21.9. The molecule has 1 aliphatic carbocycles. The van der Waals surface area contributed by atoms with E-state index in [-0.39, 0.29) is 6.61 Å². The molecule has 0 bridgehead atoms. The van der Waals surface area contributed by atoms with Crippen molar-refractivity contribution >= 4 is 0 Å². The number of hydrogen-bond donors (Lipinski definition) is 1. The lowest BCUT2D eigenvalue weighted by Gasteiger charge is -2.17. The number of hydrogen-bond acceptors (Lipinski definition) is 2. The number of halogens is 3. The van der Waals surface area contributed by atoms with E-state index in [1.54, 1.807) is 0 Å². The van der Waals surface area contributed by atoms with Crippen molar-refractivity contribution in [2.45, 2.75) is 31.5 Å². The van der Waals surface area contributed by atoms with Crippen LogP contribution in [0.3, 0.4) is 0 Å². The van der Waals surface area contributed by atoms with Gasteiger partial charge in [-0.25, -0.2) is 0 Å². The zero-order valence-corrected chi connectivity index (χ0v) is 8.52. The molecule has 0 heterocycles. The minimum Gasteiger partial charge on any atom is -0.371 e. The van der Waals surface area contributed by atoms with Gasteiger partial charge in [-0.15, -0.1) is 0 Å². The van der Waals surface area contributed by atoms with Gasteiger partial charge in [0.25, 0.3) is 0 Å². The summed E-state index contributed by atoms with van der Waals surface area (Å²) in [4.78, 5) is 0. The van der Waals surface area contributed by atoms with E-state index < -0.39 is 12.8 Å². The van der Waals surface area contributed by atoms with Crippen molar-refractivity contribution in [1.82, 2.24) is 5.32 Å². The van der Waals surface area contributed by atoms with E-state index >= 15 is 0 Å². The Hall–Kier alpha value is -0.550. The Kier molecular flexibility index (Phi) is 5.11. The molecule has 0 saturated carbocycles. The van der Waals surface area contributed by atoms with Crippen molar-refractivity contribution in [2.24, 2.45) is 0 Å². The van der Waals surface area contributed by atoms with Crippen molar-refractivity contribution < 1.29 is 17.9 Å². The molecule has 0 spiro atoms. The molecule has 1 rings (SSSR count). The summed E-state index contributed by atoms with van der Waals surface area (Å²) in [5.74, 6) is 0. The third-order valence-electron chi connectivity index (χ3n) is 2.17. The molecule has 1 unspecified atom stereocenters. The van der Waals surface area contributed by atoms with Gasteiger partial charge in [0.05, 0.1) is 6.61 Å². The van der Waals surface area contributed by atoms with Gasteiger partial charge in [-0.05, 0) is 19.3 Å². The monoisotopic (exact) mass is 223 g/mol. The van der Waals surface area contributed by atoms with Crippen LogP contribution in [-0.2, 0) is 4.74 Å². The maximum atomic E-state index is 11.7. The fraction of sp³-hybridized carbons (Fsp3) is 0.800. The van der Waals surface area contributed by atoms with Gasteiger partial charge >= 0.3 is 6.18 Å². The largest absolute Gasteiger partial charge is 0.411 e. The summed E-state index contributed by atoms with van der Waals surface area (Å²) in [6.07, 6.45) is 3.23. The first-order valence-corrected chi connectivity index (χ1v) is 5.12. The Bertz CT molecular complexity index is 203. The first-order valence-electron chi connectivity index (χ1n) is 5.12. The maximum Gasteiger partial charge on any atom is 0.411 e. The smallest absolute Gasteiger partial charge is 0.371 e. The average molecular weight is 223 g/mol. The van der Waals surface area contributed by atoms with Crippen LogP contribution in [0, 0.1) is 0 Å². The highest BCUT2D eigenvalue weighted by Gasteiger charge is 2.27. The molecule has 1 N–H and O–H groups in total. The van der Waals surface area contributed by atoms with Gasteiger partial charge in [0, 0.05) is 12.6 Å². The summed E-state index contributed by atoms with van der Waals surface area (Å²) in [5, 5.41) is 3.13. The molecule has 0 aromatic rings. The molecule has 0 fully saturated rings. The van der Waals surface area contributed by atoms with E-state index in [0.29, 0.717) is 12.6 Å². The lowest BCUT2D eigenvalue weighted by atomic mass is 10.0. The molecule has 88 valence electrons. The molecule has 0 radical (unpaired) electrons. The molecule has 15 heavy (non-hydrogen) atoms. The first-order chi connectivity index (χ1) is 7.08. The Labute approximate surface area is 87.5 Å². The number of alkyl halides is 3. The Balaban J connectivity index is 1.97. The van der Waals surface area contributed by atoms with E-state index in [1.165, 1.54) is 0 Å².